The molecule has 1 rings (SSSR count). The highest BCUT2D eigenvalue weighted by Crippen LogP contribution is 2.27. The molecule has 0 fully saturated rings. The van der Waals surface area contributed by atoms with Crippen LogP contribution in [-0.4, -0.2) is 38.7 Å². The van der Waals surface area contributed by atoms with Gasteiger partial charge in [-0.2, -0.15) is 0 Å². The lowest BCUT2D eigenvalue weighted by atomic mass is 9.98. The predicted molar refractivity (Wildman–Crippen MR) is 92.2 cm³/mol. The van der Waals surface area contributed by atoms with E-state index in [9.17, 15) is 9.59 Å². The van der Waals surface area contributed by atoms with Crippen LogP contribution in [-0.2, 0) is 11.2 Å². The molecular formula is C17H27N3O4. The number of nitrogens with one attached hydrogen (secondary N) is 2. The number of methoxy groups -OCH3 is 2. The van der Waals surface area contributed by atoms with E-state index in [0.717, 1.165) is 12.0 Å². The van der Waals surface area contributed by atoms with Crippen LogP contribution in [0.3, 0.4) is 0 Å². The Hall–Kier alpha value is -2.44. The molecular weight excluding hydrogens is 310 g/mol. The minimum Gasteiger partial charge on any atom is -0.493 e. The number of amides is 3. The second-order valence-electron chi connectivity index (χ2n) is 5.60. The van der Waals surface area contributed by atoms with Crippen LogP contribution in [0.5, 0.6) is 11.5 Å². The third-order valence-electron chi connectivity index (χ3n) is 3.95. The first-order valence-electron chi connectivity index (χ1n) is 7.97. The van der Waals surface area contributed by atoms with E-state index in [2.05, 4.69) is 10.6 Å². The van der Waals surface area contributed by atoms with E-state index in [1.165, 1.54) is 0 Å². The standard InChI is InChI=1S/C17H27N3O4/c1-5-11(2)15(20-17(18)22)16(21)19-9-8-12-6-7-13(23-3)14(10-12)24-4/h6-7,10-11,15H,5,8-9H2,1-4H3,(H,19,21)(H3,18,20,22)/t11-,15-/m1/s1. The molecule has 0 aliphatic heterocycles. The zero-order valence-corrected chi connectivity index (χ0v) is 14.7. The second-order valence-corrected chi connectivity index (χ2v) is 5.60. The Morgan fingerprint density at radius 3 is 2.42 bits per heavy atom. The molecule has 0 heterocycles. The normalized spacial score (nSPS) is 12.8. The number of ether oxygens (including phenoxy) is 2. The number of benzene rings is 1. The molecule has 0 unspecified atom stereocenters. The number of hydrogen-bond acceptors (Lipinski definition) is 4. The van der Waals surface area contributed by atoms with Gasteiger partial charge in [0.1, 0.15) is 6.04 Å². The highest BCUT2D eigenvalue weighted by atomic mass is 16.5. The summed E-state index contributed by atoms with van der Waals surface area (Å²) in [5.41, 5.74) is 6.16. The van der Waals surface area contributed by atoms with Crippen molar-refractivity contribution in [1.82, 2.24) is 10.6 Å². The summed E-state index contributed by atoms with van der Waals surface area (Å²) in [6, 6.07) is 4.29. The predicted octanol–water partition coefficient (Wildman–Crippen LogP) is 1.45. The van der Waals surface area contributed by atoms with E-state index in [-0.39, 0.29) is 11.8 Å². The van der Waals surface area contributed by atoms with E-state index in [1.54, 1.807) is 14.2 Å². The molecule has 1 aromatic carbocycles. The van der Waals surface area contributed by atoms with Crippen molar-refractivity contribution in [2.24, 2.45) is 11.7 Å². The molecule has 0 aliphatic rings. The fourth-order valence-electron chi connectivity index (χ4n) is 2.33. The quantitative estimate of drug-likeness (QED) is 0.634. The number of carbonyl (C=O) groups excluding carboxylic acids is 2. The average Bonchev–Trinajstić information content (AvgIpc) is 2.58. The lowest BCUT2D eigenvalue weighted by Crippen LogP contribution is -2.52. The van der Waals surface area contributed by atoms with Crippen LogP contribution in [0, 0.1) is 5.92 Å². The van der Waals surface area contributed by atoms with Crippen molar-refractivity contribution >= 4 is 11.9 Å². The molecule has 7 heteroatoms. The fourth-order valence-corrected chi connectivity index (χ4v) is 2.33. The third-order valence-corrected chi connectivity index (χ3v) is 3.95. The molecule has 3 amide bonds. The zero-order valence-electron chi connectivity index (χ0n) is 14.7. The van der Waals surface area contributed by atoms with Gasteiger partial charge in [-0.1, -0.05) is 26.3 Å². The summed E-state index contributed by atoms with van der Waals surface area (Å²) in [5.74, 6) is 1.07. The molecule has 0 radical (unpaired) electrons. The smallest absolute Gasteiger partial charge is 0.312 e. The van der Waals surface area contributed by atoms with Gasteiger partial charge in [-0.05, 0) is 30.0 Å². The van der Waals surface area contributed by atoms with Crippen LogP contribution < -0.4 is 25.8 Å². The van der Waals surface area contributed by atoms with Crippen molar-refractivity contribution in [3.8, 4) is 11.5 Å². The van der Waals surface area contributed by atoms with E-state index < -0.39 is 12.1 Å². The number of urea groups is 1. The molecule has 134 valence electrons. The van der Waals surface area contributed by atoms with Crippen LogP contribution in [0.1, 0.15) is 25.8 Å². The van der Waals surface area contributed by atoms with Gasteiger partial charge in [0.2, 0.25) is 5.91 Å². The molecule has 0 aromatic heterocycles. The minimum atomic E-state index is -0.699. The van der Waals surface area contributed by atoms with Gasteiger partial charge in [0, 0.05) is 6.54 Å². The lowest BCUT2D eigenvalue weighted by molar-refractivity contribution is -0.124. The zero-order chi connectivity index (χ0) is 18.1. The number of rotatable bonds is 9. The van der Waals surface area contributed by atoms with E-state index in [1.807, 2.05) is 32.0 Å². The van der Waals surface area contributed by atoms with Gasteiger partial charge < -0.3 is 25.8 Å². The maximum absolute atomic E-state index is 12.3. The first-order chi connectivity index (χ1) is 11.4. The molecule has 0 saturated carbocycles. The molecule has 0 saturated heterocycles. The Kier molecular flexibility index (Phi) is 7.88. The molecule has 0 aliphatic carbocycles. The van der Waals surface area contributed by atoms with Gasteiger partial charge >= 0.3 is 6.03 Å². The number of nitrogens with two attached hydrogens (primary N) is 1. The fraction of sp³-hybridized carbons (Fsp3) is 0.529. The maximum atomic E-state index is 12.3. The summed E-state index contributed by atoms with van der Waals surface area (Å²) in [5, 5.41) is 5.34. The molecule has 24 heavy (non-hydrogen) atoms. The van der Waals surface area contributed by atoms with Gasteiger partial charge in [0.05, 0.1) is 14.2 Å². The number of hydrogen-bond donors (Lipinski definition) is 3. The van der Waals surface area contributed by atoms with Crippen LogP contribution in [0.25, 0.3) is 0 Å². The van der Waals surface area contributed by atoms with Crippen molar-refractivity contribution < 1.29 is 19.1 Å². The van der Waals surface area contributed by atoms with Crippen molar-refractivity contribution in [3.63, 3.8) is 0 Å². The topological polar surface area (TPSA) is 103 Å². The van der Waals surface area contributed by atoms with E-state index in [0.29, 0.717) is 24.5 Å². The molecule has 2 atom stereocenters. The Balaban J connectivity index is 2.61. The summed E-state index contributed by atoms with van der Waals surface area (Å²) in [6.07, 6.45) is 1.39. The Bertz CT molecular complexity index is 563. The molecule has 0 bridgehead atoms. The lowest BCUT2D eigenvalue weighted by Gasteiger charge is -2.22. The molecule has 4 N–H and O–H groups in total. The van der Waals surface area contributed by atoms with Crippen LogP contribution in [0.4, 0.5) is 4.79 Å². The average molecular weight is 337 g/mol. The van der Waals surface area contributed by atoms with Gasteiger partial charge in [0.25, 0.3) is 0 Å². The highest BCUT2D eigenvalue weighted by molar-refractivity contribution is 5.86. The molecule has 0 spiro atoms. The highest BCUT2D eigenvalue weighted by Gasteiger charge is 2.24. The summed E-state index contributed by atoms with van der Waals surface area (Å²) in [4.78, 5) is 23.3. The first kappa shape index (κ1) is 19.6. The molecule has 7 nitrogen and oxygen atoms in total. The second kappa shape index (κ2) is 9.64. The van der Waals surface area contributed by atoms with Crippen LogP contribution in [0.2, 0.25) is 0 Å². The van der Waals surface area contributed by atoms with Gasteiger partial charge in [-0.25, -0.2) is 4.79 Å². The number of primary amides is 1. The SMILES string of the molecule is CC[C@@H](C)[C@@H](NC(N)=O)C(=O)NCCc1ccc(OC)c(OC)c1. The van der Waals surface area contributed by atoms with E-state index >= 15 is 0 Å². The summed E-state index contributed by atoms with van der Waals surface area (Å²) < 4.78 is 10.5. The Morgan fingerprint density at radius 1 is 1.21 bits per heavy atom. The van der Waals surface area contributed by atoms with Gasteiger partial charge in [-0.3, -0.25) is 4.79 Å². The van der Waals surface area contributed by atoms with Crippen molar-refractivity contribution in [2.75, 3.05) is 20.8 Å². The van der Waals surface area contributed by atoms with Crippen molar-refractivity contribution in [3.05, 3.63) is 23.8 Å². The van der Waals surface area contributed by atoms with Crippen molar-refractivity contribution in [2.45, 2.75) is 32.7 Å². The van der Waals surface area contributed by atoms with Gasteiger partial charge in [0.15, 0.2) is 11.5 Å². The molecule has 1 aromatic rings. The van der Waals surface area contributed by atoms with E-state index in [4.69, 9.17) is 15.2 Å². The first-order valence-corrected chi connectivity index (χ1v) is 7.97. The summed E-state index contributed by atoms with van der Waals surface area (Å²) in [6.45, 7) is 4.30. The summed E-state index contributed by atoms with van der Waals surface area (Å²) >= 11 is 0. The minimum absolute atomic E-state index is 0.00131. The third kappa shape index (κ3) is 5.64. The van der Waals surface area contributed by atoms with Gasteiger partial charge in [-0.15, -0.1) is 0 Å². The number of carbonyl (C=O) groups is 2. The Morgan fingerprint density at radius 2 is 1.88 bits per heavy atom. The monoisotopic (exact) mass is 337 g/mol. The van der Waals surface area contributed by atoms with Crippen LogP contribution >= 0.6 is 0 Å². The largest absolute Gasteiger partial charge is 0.493 e. The van der Waals surface area contributed by atoms with Crippen LogP contribution in [0.15, 0.2) is 18.2 Å². The van der Waals surface area contributed by atoms with Crippen molar-refractivity contribution in [1.29, 1.82) is 0 Å². The Labute approximate surface area is 142 Å². The maximum Gasteiger partial charge on any atom is 0.312 e. The summed E-state index contributed by atoms with van der Waals surface area (Å²) in [7, 11) is 3.16.